The molecule has 0 aliphatic carbocycles. The molecule has 3 aromatic rings. The molecule has 0 aliphatic rings. The van der Waals surface area contributed by atoms with Gasteiger partial charge in [0.1, 0.15) is 5.70 Å². The summed E-state index contributed by atoms with van der Waals surface area (Å²) in [5, 5.41) is 5.48. The van der Waals surface area contributed by atoms with E-state index >= 15 is 0 Å². The Morgan fingerprint density at radius 2 is 1.56 bits per heavy atom. The van der Waals surface area contributed by atoms with E-state index in [4.69, 9.17) is 0 Å². The second-order valence-corrected chi connectivity index (χ2v) is 6.54. The van der Waals surface area contributed by atoms with Gasteiger partial charge in [0.2, 0.25) is 0 Å². The Bertz CT molecular complexity index is 956. The lowest BCUT2D eigenvalue weighted by Gasteiger charge is -2.11. The first kappa shape index (κ1) is 18.5. The van der Waals surface area contributed by atoms with Crippen LogP contribution in [-0.2, 0) is 4.79 Å². The van der Waals surface area contributed by atoms with Crippen molar-refractivity contribution in [2.24, 2.45) is 0 Å². The lowest BCUT2D eigenvalue weighted by molar-refractivity contribution is -0.113. The lowest BCUT2D eigenvalue weighted by Crippen LogP contribution is -2.30. The highest BCUT2D eigenvalue weighted by Crippen LogP contribution is 2.15. The number of amides is 2. The maximum atomic E-state index is 12.7. The van der Waals surface area contributed by atoms with Crippen molar-refractivity contribution in [2.45, 2.75) is 0 Å². The van der Waals surface area contributed by atoms with Gasteiger partial charge in [0.05, 0.1) is 0 Å². The number of benzene rings is 2. The van der Waals surface area contributed by atoms with Gasteiger partial charge < -0.3 is 10.6 Å². The van der Waals surface area contributed by atoms with E-state index < -0.39 is 5.91 Å². The zero-order valence-electron chi connectivity index (χ0n) is 14.2. The number of nitrogens with zero attached hydrogens (tertiary/aromatic N) is 1. The van der Waals surface area contributed by atoms with Crippen LogP contribution in [-0.4, -0.2) is 16.8 Å². The van der Waals surface area contributed by atoms with E-state index in [0.29, 0.717) is 11.3 Å². The molecule has 6 heteroatoms. The Labute approximate surface area is 165 Å². The Hall–Kier alpha value is -3.25. The smallest absolute Gasteiger partial charge is 0.272 e. The van der Waals surface area contributed by atoms with Gasteiger partial charge in [-0.1, -0.05) is 34.1 Å². The van der Waals surface area contributed by atoms with Crippen molar-refractivity contribution in [3.63, 3.8) is 0 Å². The number of halogens is 1. The van der Waals surface area contributed by atoms with Crippen LogP contribution in [0.15, 0.2) is 89.3 Å². The molecule has 1 aromatic heterocycles. The Balaban J connectivity index is 1.85. The summed E-state index contributed by atoms with van der Waals surface area (Å²) in [6.07, 6.45) is 4.85. The second-order valence-electron chi connectivity index (χ2n) is 5.62. The van der Waals surface area contributed by atoms with E-state index in [1.54, 1.807) is 67.0 Å². The summed E-state index contributed by atoms with van der Waals surface area (Å²) in [6.45, 7) is 0. The van der Waals surface area contributed by atoms with Gasteiger partial charge in [-0.25, -0.2) is 0 Å². The van der Waals surface area contributed by atoms with Crippen molar-refractivity contribution >= 4 is 39.5 Å². The normalized spacial score (nSPS) is 10.9. The van der Waals surface area contributed by atoms with Crippen LogP contribution in [0.25, 0.3) is 6.08 Å². The molecule has 5 nitrogen and oxygen atoms in total. The summed E-state index contributed by atoms with van der Waals surface area (Å²) in [5.74, 6) is -0.778. The number of hydrogen-bond acceptors (Lipinski definition) is 3. The van der Waals surface area contributed by atoms with E-state index in [1.165, 1.54) is 0 Å². The van der Waals surface area contributed by atoms with E-state index in [0.717, 1.165) is 10.0 Å². The van der Waals surface area contributed by atoms with E-state index in [1.807, 2.05) is 18.2 Å². The van der Waals surface area contributed by atoms with Crippen molar-refractivity contribution in [2.75, 3.05) is 5.32 Å². The summed E-state index contributed by atoms with van der Waals surface area (Å²) >= 11 is 3.36. The fourth-order valence-electron chi connectivity index (χ4n) is 2.30. The highest BCUT2D eigenvalue weighted by molar-refractivity contribution is 9.10. The molecule has 0 bridgehead atoms. The fourth-order valence-corrected chi connectivity index (χ4v) is 2.56. The number of nitrogens with one attached hydrogen (secondary N) is 2. The number of carbonyl (C=O) groups is 2. The van der Waals surface area contributed by atoms with Gasteiger partial charge in [0.25, 0.3) is 11.8 Å². The van der Waals surface area contributed by atoms with Crippen molar-refractivity contribution in [1.82, 2.24) is 10.3 Å². The summed E-state index contributed by atoms with van der Waals surface area (Å²) < 4.78 is 0.908. The molecule has 0 saturated carbocycles. The number of aromatic nitrogens is 1. The summed E-state index contributed by atoms with van der Waals surface area (Å²) in [4.78, 5) is 29.2. The standard InChI is InChI=1S/C21H16BrN3O2/c22-17-6-8-18(9-7-17)24-21(27)19(14-15-10-12-23-13-11-15)25-20(26)16-4-2-1-3-5-16/h1-14H,(H,24,27)(H,25,26). The average molecular weight is 422 g/mol. The molecule has 0 radical (unpaired) electrons. The molecule has 134 valence electrons. The van der Waals surface area contributed by atoms with E-state index in [-0.39, 0.29) is 11.6 Å². The van der Waals surface area contributed by atoms with Crippen LogP contribution in [0.2, 0.25) is 0 Å². The SMILES string of the molecule is O=C(Nc1ccc(Br)cc1)C(=Cc1ccncc1)NC(=O)c1ccccc1. The van der Waals surface area contributed by atoms with Crippen molar-refractivity contribution in [3.8, 4) is 0 Å². The second kappa shape index (κ2) is 8.91. The number of anilines is 1. The highest BCUT2D eigenvalue weighted by Gasteiger charge is 2.15. The zero-order chi connectivity index (χ0) is 19.1. The first-order chi connectivity index (χ1) is 13.1. The van der Waals surface area contributed by atoms with Gasteiger partial charge in [-0.2, -0.15) is 0 Å². The number of rotatable bonds is 5. The predicted molar refractivity (Wildman–Crippen MR) is 109 cm³/mol. The number of hydrogen-bond donors (Lipinski definition) is 2. The third-order valence-electron chi connectivity index (χ3n) is 3.65. The molecular weight excluding hydrogens is 406 g/mol. The maximum absolute atomic E-state index is 12.7. The first-order valence-electron chi connectivity index (χ1n) is 8.17. The molecule has 0 aliphatic heterocycles. The molecule has 0 atom stereocenters. The minimum atomic E-state index is -0.418. The monoisotopic (exact) mass is 421 g/mol. The third kappa shape index (κ3) is 5.36. The van der Waals surface area contributed by atoms with Gasteiger partial charge in [0.15, 0.2) is 0 Å². The van der Waals surface area contributed by atoms with Gasteiger partial charge in [0, 0.05) is 28.1 Å². The van der Waals surface area contributed by atoms with Gasteiger partial charge in [-0.05, 0) is 60.2 Å². The average Bonchev–Trinajstić information content (AvgIpc) is 2.70. The first-order valence-corrected chi connectivity index (χ1v) is 8.96. The zero-order valence-corrected chi connectivity index (χ0v) is 15.8. The van der Waals surface area contributed by atoms with Crippen LogP contribution < -0.4 is 10.6 Å². The maximum Gasteiger partial charge on any atom is 0.272 e. The van der Waals surface area contributed by atoms with Crippen LogP contribution in [0.4, 0.5) is 5.69 Å². The molecule has 27 heavy (non-hydrogen) atoms. The number of carbonyl (C=O) groups excluding carboxylic acids is 2. The van der Waals surface area contributed by atoms with Crippen molar-refractivity contribution in [3.05, 3.63) is 100 Å². The molecule has 0 spiro atoms. The van der Waals surface area contributed by atoms with E-state index in [9.17, 15) is 9.59 Å². The fraction of sp³-hybridized carbons (Fsp3) is 0. The molecular formula is C21H16BrN3O2. The van der Waals surface area contributed by atoms with Crippen LogP contribution in [0.5, 0.6) is 0 Å². The molecule has 2 N–H and O–H groups in total. The van der Waals surface area contributed by atoms with Crippen LogP contribution in [0.3, 0.4) is 0 Å². The molecule has 0 fully saturated rings. The molecule has 0 saturated heterocycles. The largest absolute Gasteiger partial charge is 0.321 e. The lowest BCUT2D eigenvalue weighted by atomic mass is 10.2. The van der Waals surface area contributed by atoms with Crippen LogP contribution >= 0.6 is 15.9 Å². The van der Waals surface area contributed by atoms with Gasteiger partial charge in [-0.15, -0.1) is 0 Å². The summed E-state index contributed by atoms with van der Waals surface area (Å²) in [6, 6.07) is 19.4. The third-order valence-corrected chi connectivity index (χ3v) is 4.18. The molecule has 2 amide bonds. The molecule has 2 aromatic carbocycles. The highest BCUT2D eigenvalue weighted by atomic mass is 79.9. The Morgan fingerprint density at radius 1 is 0.889 bits per heavy atom. The van der Waals surface area contributed by atoms with Gasteiger partial charge >= 0.3 is 0 Å². The Morgan fingerprint density at radius 3 is 2.22 bits per heavy atom. The minimum absolute atomic E-state index is 0.137. The summed E-state index contributed by atoms with van der Waals surface area (Å²) in [5.41, 5.74) is 1.98. The predicted octanol–water partition coefficient (Wildman–Crippen LogP) is 4.25. The molecule has 0 unspecified atom stereocenters. The van der Waals surface area contributed by atoms with Gasteiger partial charge in [-0.3, -0.25) is 14.6 Å². The molecule has 3 rings (SSSR count). The van der Waals surface area contributed by atoms with Crippen molar-refractivity contribution in [1.29, 1.82) is 0 Å². The topological polar surface area (TPSA) is 71.1 Å². The quantitative estimate of drug-likeness (QED) is 0.604. The summed E-state index contributed by atoms with van der Waals surface area (Å²) in [7, 11) is 0. The van der Waals surface area contributed by atoms with E-state index in [2.05, 4.69) is 31.5 Å². The minimum Gasteiger partial charge on any atom is -0.321 e. The number of pyridine rings is 1. The molecule has 1 heterocycles. The van der Waals surface area contributed by atoms with Crippen LogP contribution in [0, 0.1) is 0 Å². The Kier molecular flexibility index (Phi) is 6.12. The van der Waals surface area contributed by atoms with Crippen molar-refractivity contribution < 1.29 is 9.59 Å². The van der Waals surface area contributed by atoms with Crippen LogP contribution in [0.1, 0.15) is 15.9 Å².